The summed E-state index contributed by atoms with van der Waals surface area (Å²) in [5.41, 5.74) is 0. The second-order valence-corrected chi connectivity index (χ2v) is 9.63. The quantitative estimate of drug-likeness (QED) is 0.485. The highest BCUT2D eigenvalue weighted by molar-refractivity contribution is 6.07. The number of likely N-dealkylation sites (tertiary alicyclic amines) is 2. The van der Waals surface area contributed by atoms with Crippen LogP contribution in [0.1, 0.15) is 12.8 Å². The van der Waals surface area contributed by atoms with E-state index in [0.717, 1.165) is 12.8 Å². The van der Waals surface area contributed by atoms with Crippen molar-refractivity contribution in [2.24, 2.45) is 47.3 Å². The molecule has 0 unspecified atom stereocenters. The predicted molar refractivity (Wildman–Crippen MR) is 106 cm³/mol. The van der Waals surface area contributed by atoms with Crippen LogP contribution >= 0.6 is 0 Å². The zero-order valence-corrected chi connectivity index (χ0v) is 16.7. The summed E-state index contributed by atoms with van der Waals surface area (Å²) < 4.78 is 0. The van der Waals surface area contributed by atoms with Crippen molar-refractivity contribution in [3.63, 3.8) is 0 Å². The van der Waals surface area contributed by atoms with Crippen LogP contribution in [0.2, 0.25) is 0 Å². The Kier molecular flexibility index (Phi) is 3.79. The lowest BCUT2D eigenvalue weighted by molar-refractivity contribution is -0.146. The van der Waals surface area contributed by atoms with Gasteiger partial charge in [0.05, 0.1) is 37.0 Å². The zero-order chi connectivity index (χ0) is 20.7. The Morgan fingerprint density at radius 1 is 0.733 bits per heavy atom. The molecule has 6 rings (SSSR count). The van der Waals surface area contributed by atoms with Gasteiger partial charge in [0.1, 0.15) is 0 Å². The van der Waals surface area contributed by atoms with E-state index in [9.17, 15) is 19.2 Å². The minimum absolute atomic E-state index is 0.0909. The third-order valence-electron chi connectivity index (χ3n) is 8.19. The second kappa shape index (κ2) is 6.23. The van der Waals surface area contributed by atoms with Crippen LogP contribution in [-0.2, 0) is 19.2 Å². The number of carbonyl (C=O) groups is 4. The lowest BCUT2D eigenvalue weighted by Crippen LogP contribution is -2.49. The van der Waals surface area contributed by atoms with Gasteiger partial charge in [0.15, 0.2) is 0 Å². The summed E-state index contributed by atoms with van der Waals surface area (Å²) in [5, 5.41) is 0. The molecule has 0 aromatic rings. The lowest BCUT2D eigenvalue weighted by atomic mass is 9.85. The fourth-order valence-corrected chi connectivity index (χ4v) is 6.95. The maximum absolute atomic E-state index is 13.0. The summed E-state index contributed by atoms with van der Waals surface area (Å²) in [4.78, 5) is 56.5. The van der Waals surface area contributed by atoms with Crippen molar-refractivity contribution in [2.45, 2.75) is 12.8 Å². The first-order valence-corrected chi connectivity index (χ1v) is 10.9. The molecule has 2 saturated heterocycles. The molecule has 4 fully saturated rings. The highest BCUT2D eigenvalue weighted by atomic mass is 16.2. The van der Waals surface area contributed by atoms with Crippen LogP contribution in [0.15, 0.2) is 37.0 Å². The number of hydrogen-bond donors (Lipinski definition) is 0. The Morgan fingerprint density at radius 2 is 1.07 bits per heavy atom. The minimum atomic E-state index is -0.241. The van der Waals surface area contributed by atoms with Crippen LogP contribution in [0.5, 0.6) is 0 Å². The maximum Gasteiger partial charge on any atom is 0.234 e. The van der Waals surface area contributed by atoms with Crippen LogP contribution < -0.4 is 0 Å². The van der Waals surface area contributed by atoms with Crippen LogP contribution in [-0.4, -0.2) is 58.2 Å². The molecule has 4 amide bonds. The number of nitrogens with zero attached hydrogens (tertiary/aromatic N) is 3. The van der Waals surface area contributed by atoms with Gasteiger partial charge >= 0.3 is 0 Å². The van der Waals surface area contributed by atoms with E-state index in [1.54, 1.807) is 11.0 Å². The summed E-state index contributed by atoms with van der Waals surface area (Å²) in [6.07, 6.45) is 11.8. The van der Waals surface area contributed by atoms with Crippen molar-refractivity contribution in [3.05, 3.63) is 37.0 Å². The predicted octanol–water partition coefficient (Wildman–Crippen LogP) is 1.00. The SMILES string of the molecule is C=CCN(CN1C(=O)[C@@H]2[C@@H](C1=O)[C@H]1C=C[C@H]2C1)CN1C(=O)[C@@H]2[C@H](C1=O)[C@@H]1C=C[C@H]2C1. The number of fused-ring (bicyclic) bond motifs is 10. The summed E-state index contributed by atoms with van der Waals surface area (Å²) in [5.74, 6) is -0.772. The van der Waals surface area contributed by atoms with Gasteiger partial charge in [0, 0.05) is 6.54 Å². The zero-order valence-electron chi connectivity index (χ0n) is 16.7. The standard InChI is InChI=1S/C23H25N3O4/c1-2-7-24(10-25-20(27)16-12-3-4-13(8-12)17(16)21(25)28)11-26-22(29)18-14-5-6-15(9-14)19(18)23(26)30/h2-6,12-19H,1,7-11H2/t12-,13-,14-,15+,16-,17-,18-,19+/m0/s1. The number of carbonyl (C=O) groups excluding carboxylic acids is 4. The summed E-state index contributed by atoms with van der Waals surface area (Å²) in [7, 11) is 0. The fourth-order valence-electron chi connectivity index (χ4n) is 6.95. The van der Waals surface area contributed by atoms with Crippen LogP contribution in [0, 0.1) is 47.3 Å². The highest BCUT2D eigenvalue weighted by Gasteiger charge is 2.61. The van der Waals surface area contributed by atoms with E-state index in [0.29, 0.717) is 6.54 Å². The summed E-state index contributed by atoms with van der Waals surface area (Å²) in [6, 6.07) is 0. The Bertz CT molecular complexity index is 809. The molecule has 156 valence electrons. The average Bonchev–Trinajstić information content (AvgIpc) is 3.55. The molecule has 2 saturated carbocycles. The molecule has 0 aromatic carbocycles. The molecule has 0 spiro atoms. The molecule has 0 radical (unpaired) electrons. The molecule has 0 N–H and O–H groups in total. The fraction of sp³-hybridized carbons (Fsp3) is 0.565. The third kappa shape index (κ3) is 2.24. The van der Waals surface area contributed by atoms with Crippen molar-refractivity contribution in [1.82, 2.24) is 14.7 Å². The van der Waals surface area contributed by atoms with Gasteiger partial charge in [-0.2, -0.15) is 0 Å². The minimum Gasteiger partial charge on any atom is -0.274 e. The van der Waals surface area contributed by atoms with E-state index in [-0.39, 0.29) is 84.3 Å². The largest absolute Gasteiger partial charge is 0.274 e. The normalized spacial score (nSPS) is 42.4. The van der Waals surface area contributed by atoms with E-state index in [2.05, 4.69) is 30.9 Å². The Balaban J connectivity index is 1.19. The molecular formula is C23H25N3O4. The molecule has 2 heterocycles. The first-order valence-electron chi connectivity index (χ1n) is 10.9. The second-order valence-electron chi connectivity index (χ2n) is 9.63. The first kappa shape index (κ1) is 18.2. The van der Waals surface area contributed by atoms with Crippen LogP contribution in [0.3, 0.4) is 0 Å². The number of hydrogen-bond acceptors (Lipinski definition) is 5. The average molecular weight is 407 g/mol. The van der Waals surface area contributed by atoms with Gasteiger partial charge in [0.25, 0.3) is 0 Å². The monoisotopic (exact) mass is 407 g/mol. The van der Waals surface area contributed by atoms with Gasteiger partial charge < -0.3 is 0 Å². The number of allylic oxidation sites excluding steroid dienone is 4. The number of imide groups is 2. The molecule has 8 atom stereocenters. The molecule has 6 aliphatic rings. The van der Waals surface area contributed by atoms with Crippen molar-refractivity contribution in [1.29, 1.82) is 0 Å². The molecule has 4 bridgehead atoms. The number of rotatable bonds is 6. The van der Waals surface area contributed by atoms with Gasteiger partial charge in [-0.1, -0.05) is 30.4 Å². The Morgan fingerprint density at radius 3 is 1.37 bits per heavy atom. The van der Waals surface area contributed by atoms with Crippen molar-refractivity contribution in [3.8, 4) is 0 Å². The van der Waals surface area contributed by atoms with Crippen molar-refractivity contribution in [2.75, 3.05) is 19.9 Å². The van der Waals surface area contributed by atoms with Gasteiger partial charge in [-0.05, 0) is 36.5 Å². The highest BCUT2D eigenvalue weighted by Crippen LogP contribution is 2.53. The van der Waals surface area contributed by atoms with E-state index in [1.807, 2.05) is 0 Å². The van der Waals surface area contributed by atoms with Crippen LogP contribution in [0.4, 0.5) is 0 Å². The summed E-state index contributed by atoms with van der Waals surface area (Å²) >= 11 is 0. The Hall–Kier alpha value is -2.54. The van der Waals surface area contributed by atoms with Gasteiger partial charge in [-0.3, -0.25) is 33.9 Å². The van der Waals surface area contributed by atoms with Crippen molar-refractivity contribution >= 4 is 23.6 Å². The lowest BCUT2D eigenvalue weighted by Gasteiger charge is -2.30. The van der Waals surface area contributed by atoms with Gasteiger partial charge in [-0.25, -0.2) is 0 Å². The first-order chi connectivity index (χ1) is 14.5. The Labute approximate surface area is 175 Å². The van der Waals surface area contributed by atoms with Crippen LogP contribution in [0.25, 0.3) is 0 Å². The topological polar surface area (TPSA) is 78.0 Å². The number of amides is 4. The molecule has 0 aromatic heterocycles. The van der Waals surface area contributed by atoms with Gasteiger partial charge in [-0.15, -0.1) is 6.58 Å². The smallest absolute Gasteiger partial charge is 0.234 e. The third-order valence-corrected chi connectivity index (χ3v) is 8.19. The molecule has 4 aliphatic carbocycles. The molecule has 2 aliphatic heterocycles. The van der Waals surface area contributed by atoms with Gasteiger partial charge in [0.2, 0.25) is 23.6 Å². The molecule has 30 heavy (non-hydrogen) atoms. The molecular weight excluding hydrogens is 382 g/mol. The molecule has 7 nitrogen and oxygen atoms in total. The summed E-state index contributed by atoms with van der Waals surface area (Å²) in [6.45, 7) is 4.34. The van der Waals surface area contributed by atoms with E-state index >= 15 is 0 Å². The van der Waals surface area contributed by atoms with E-state index in [4.69, 9.17) is 0 Å². The maximum atomic E-state index is 13.0. The van der Waals surface area contributed by atoms with E-state index < -0.39 is 0 Å². The molecule has 7 heteroatoms. The van der Waals surface area contributed by atoms with Crippen molar-refractivity contribution < 1.29 is 19.2 Å². The van der Waals surface area contributed by atoms with E-state index in [1.165, 1.54) is 9.80 Å².